The molecule has 2 aliphatic carbocycles. The summed E-state index contributed by atoms with van der Waals surface area (Å²) in [6, 6.07) is 29.9. The highest BCUT2D eigenvalue weighted by atomic mass is 15.2. The highest BCUT2D eigenvalue weighted by molar-refractivity contribution is 7.00. The first-order valence-electron chi connectivity index (χ1n) is 18.2. The van der Waals surface area contributed by atoms with Gasteiger partial charge in [0.1, 0.15) is 0 Å². The first-order valence-corrected chi connectivity index (χ1v) is 18.2. The fourth-order valence-corrected chi connectivity index (χ4v) is 9.36. The summed E-state index contributed by atoms with van der Waals surface area (Å²) >= 11 is 0. The fraction of sp³-hybridized carbons (Fsp3) is 0.455. The maximum atomic E-state index is 2.85. The Morgan fingerprint density at radius 3 is 1.68 bits per heavy atom. The van der Waals surface area contributed by atoms with Gasteiger partial charge in [0.05, 0.1) is 0 Å². The van der Waals surface area contributed by atoms with E-state index in [2.05, 4.69) is 152 Å². The van der Waals surface area contributed by atoms with Gasteiger partial charge in [-0.1, -0.05) is 105 Å². The topological polar surface area (TPSA) is 6.48 Å². The van der Waals surface area contributed by atoms with Gasteiger partial charge >= 0.3 is 0 Å². The van der Waals surface area contributed by atoms with Gasteiger partial charge in [-0.25, -0.2) is 0 Å². The first-order chi connectivity index (χ1) is 22.1. The number of rotatable bonds is 2. The molecule has 3 heteroatoms. The fourth-order valence-electron chi connectivity index (χ4n) is 9.36. The molecule has 2 nitrogen and oxygen atoms in total. The van der Waals surface area contributed by atoms with Gasteiger partial charge in [-0.3, -0.25) is 0 Å². The number of fused-ring (bicyclic) bond motifs is 6. The van der Waals surface area contributed by atoms with Crippen LogP contribution in [0.25, 0.3) is 0 Å². The zero-order valence-electron chi connectivity index (χ0n) is 30.5. The molecule has 4 aromatic carbocycles. The Morgan fingerprint density at radius 1 is 0.574 bits per heavy atom. The van der Waals surface area contributed by atoms with Crippen molar-refractivity contribution in [3.8, 4) is 0 Å². The number of hydrogen-bond donors (Lipinski definition) is 0. The number of benzene rings is 4. The Balaban J connectivity index is 1.42. The Hall–Kier alpha value is -3.46. The minimum Gasteiger partial charge on any atom is -0.339 e. The number of nitrogens with zero attached hydrogens (tertiary/aromatic N) is 2. The molecule has 3 atom stereocenters. The van der Waals surface area contributed by atoms with Crippen LogP contribution in [0.3, 0.4) is 0 Å². The van der Waals surface area contributed by atoms with E-state index in [0.29, 0.717) is 6.04 Å². The van der Waals surface area contributed by atoms with Crippen molar-refractivity contribution in [2.75, 3.05) is 9.80 Å². The molecule has 2 fully saturated rings. The molecule has 2 heterocycles. The monoisotopic (exact) mass is 620 g/mol. The summed E-state index contributed by atoms with van der Waals surface area (Å²) in [5, 5.41) is 0. The molecule has 4 aliphatic rings. The van der Waals surface area contributed by atoms with Crippen LogP contribution in [-0.4, -0.2) is 12.8 Å². The van der Waals surface area contributed by atoms with Crippen molar-refractivity contribution in [1.29, 1.82) is 0 Å². The molecule has 8 rings (SSSR count). The van der Waals surface area contributed by atoms with E-state index in [4.69, 9.17) is 0 Å². The predicted molar refractivity (Wildman–Crippen MR) is 204 cm³/mol. The van der Waals surface area contributed by atoms with Crippen LogP contribution in [0.1, 0.15) is 110 Å². The summed E-state index contributed by atoms with van der Waals surface area (Å²) in [5.74, 6) is 1.66. The van der Waals surface area contributed by atoms with Crippen molar-refractivity contribution >= 4 is 51.5 Å². The van der Waals surface area contributed by atoms with Gasteiger partial charge in [0, 0.05) is 34.5 Å². The highest BCUT2D eigenvalue weighted by Gasteiger charge is 2.49. The molecule has 47 heavy (non-hydrogen) atoms. The van der Waals surface area contributed by atoms with Crippen LogP contribution in [0.15, 0.2) is 72.8 Å². The maximum absolute atomic E-state index is 2.85. The summed E-state index contributed by atoms with van der Waals surface area (Å²) in [6.45, 7) is 23.6. The molecule has 2 bridgehead atoms. The van der Waals surface area contributed by atoms with Crippen molar-refractivity contribution < 1.29 is 0 Å². The smallest absolute Gasteiger partial charge is 0.252 e. The summed E-state index contributed by atoms with van der Waals surface area (Å²) in [6.07, 6.45) is 5.51. The van der Waals surface area contributed by atoms with Crippen LogP contribution in [-0.2, 0) is 16.2 Å². The zero-order valence-corrected chi connectivity index (χ0v) is 30.5. The van der Waals surface area contributed by atoms with Gasteiger partial charge in [0.15, 0.2) is 0 Å². The van der Waals surface area contributed by atoms with E-state index in [-0.39, 0.29) is 23.0 Å². The largest absolute Gasteiger partial charge is 0.339 e. The lowest BCUT2D eigenvalue weighted by molar-refractivity contribution is 0.413. The van der Waals surface area contributed by atoms with Gasteiger partial charge in [-0.2, -0.15) is 0 Å². The van der Waals surface area contributed by atoms with Gasteiger partial charge in [0.2, 0.25) is 0 Å². The van der Waals surface area contributed by atoms with E-state index in [1.807, 2.05) is 0 Å². The van der Waals surface area contributed by atoms with Gasteiger partial charge in [-0.15, -0.1) is 0 Å². The second-order valence-electron chi connectivity index (χ2n) is 18.4. The van der Waals surface area contributed by atoms with Gasteiger partial charge < -0.3 is 9.80 Å². The molecule has 4 aromatic rings. The van der Waals surface area contributed by atoms with Gasteiger partial charge in [0.25, 0.3) is 6.71 Å². The molecule has 0 radical (unpaired) electrons. The van der Waals surface area contributed by atoms with E-state index in [1.165, 1.54) is 92.8 Å². The SMILES string of the molecule is Cc1cc2c3c(c1)N(C1CC4CCC1C4)c1cc(C(C)(C)C)ccc1B3c1ccc(C(C)(C)C)cc1N2c1ccc(C(C)(C)C)cc1. The van der Waals surface area contributed by atoms with Crippen molar-refractivity contribution in [2.45, 2.75) is 117 Å². The Labute approximate surface area is 284 Å². The lowest BCUT2D eigenvalue weighted by Crippen LogP contribution is -2.63. The minimum atomic E-state index is 0.0551. The molecule has 0 aromatic heterocycles. The Kier molecular flexibility index (Phi) is 6.74. The highest BCUT2D eigenvalue weighted by Crippen LogP contribution is 2.52. The minimum absolute atomic E-state index is 0.0551. The molecule has 2 saturated carbocycles. The van der Waals surface area contributed by atoms with Crippen molar-refractivity contribution in [3.05, 3.63) is 95.1 Å². The van der Waals surface area contributed by atoms with E-state index in [9.17, 15) is 0 Å². The molecule has 2 aliphatic heterocycles. The van der Waals surface area contributed by atoms with Gasteiger partial charge in [-0.05, 0) is 129 Å². The van der Waals surface area contributed by atoms with Crippen molar-refractivity contribution in [1.82, 2.24) is 0 Å². The van der Waals surface area contributed by atoms with E-state index in [1.54, 1.807) is 0 Å². The first kappa shape index (κ1) is 30.9. The third kappa shape index (κ3) is 4.89. The van der Waals surface area contributed by atoms with Crippen molar-refractivity contribution in [3.63, 3.8) is 0 Å². The van der Waals surface area contributed by atoms with E-state index >= 15 is 0 Å². The second kappa shape index (κ2) is 10.3. The van der Waals surface area contributed by atoms with Crippen molar-refractivity contribution in [2.24, 2.45) is 11.8 Å². The average molecular weight is 621 g/mol. The molecule has 242 valence electrons. The quantitative estimate of drug-likeness (QED) is 0.181. The predicted octanol–water partition coefficient (Wildman–Crippen LogP) is 9.83. The number of aryl methyl sites for hydroxylation is 1. The third-order valence-electron chi connectivity index (χ3n) is 12.0. The summed E-state index contributed by atoms with van der Waals surface area (Å²) in [4.78, 5) is 5.46. The number of hydrogen-bond acceptors (Lipinski definition) is 2. The van der Waals surface area contributed by atoms with Crippen LogP contribution in [0.2, 0.25) is 0 Å². The molecular formula is C44H53BN2. The molecule has 0 amide bonds. The molecule has 0 saturated heterocycles. The number of anilines is 5. The third-order valence-corrected chi connectivity index (χ3v) is 12.0. The van der Waals surface area contributed by atoms with Crippen LogP contribution >= 0.6 is 0 Å². The average Bonchev–Trinajstić information content (AvgIpc) is 3.63. The molecule has 3 unspecified atom stereocenters. The van der Waals surface area contributed by atoms with Crippen LogP contribution in [0.5, 0.6) is 0 Å². The standard InChI is InChI=1S/C44H53BN2/c1-27-21-39-41-40(22-27)47(36-24-28-11-12-29(36)23-28)38-26-32(44(8,9)10)16-20-35(38)45(41)34-19-15-31(43(5,6)7)25-37(34)46(39)33-17-13-30(14-18-33)42(2,3)4/h13-22,25-26,28-29,36H,11-12,23-24H2,1-10H3. The molecular weight excluding hydrogens is 567 g/mol. The summed E-state index contributed by atoms with van der Waals surface area (Å²) < 4.78 is 0. The lowest BCUT2D eigenvalue weighted by atomic mass is 9.33. The summed E-state index contributed by atoms with van der Waals surface area (Å²) in [5.41, 5.74) is 17.0. The second-order valence-corrected chi connectivity index (χ2v) is 18.4. The normalized spacial score (nSPS) is 21.6. The Bertz CT molecular complexity index is 1880. The van der Waals surface area contributed by atoms with E-state index < -0.39 is 0 Å². The van der Waals surface area contributed by atoms with Crippen LogP contribution in [0.4, 0.5) is 28.4 Å². The lowest BCUT2D eigenvalue weighted by Gasteiger charge is -2.48. The Morgan fingerprint density at radius 2 is 1.13 bits per heavy atom. The van der Waals surface area contributed by atoms with E-state index in [0.717, 1.165) is 11.8 Å². The van der Waals surface area contributed by atoms with Crippen LogP contribution < -0.4 is 26.2 Å². The molecule has 0 N–H and O–H groups in total. The van der Waals surface area contributed by atoms with Crippen LogP contribution in [0, 0.1) is 18.8 Å². The zero-order chi connectivity index (χ0) is 33.2. The summed E-state index contributed by atoms with van der Waals surface area (Å²) in [7, 11) is 0. The molecule has 0 spiro atoms. The maximum Gasteiger partial charge on any atom is 0.252 e.